The zero-order valence-corrected chi connectivity index (χ0v) is 17.4. The molecule has 0 fully saturated rings. The Morgan fingerprint density at radius 2 is 1.90 bits per heavy atom. The van der Waals surface area contributed by atoms with E-state index in [4.69, 9.17) is 33.0 Å². The average Bonchev–Trinajstić information content (AvgIpc) is 2.73. The van der Waals surface area contributed by atoms with Gasteiger partial charge >= 0.3 is 5.97 Å². The molecule has 0 saturated carbocycles. The minimum atomic E-state index is -1.10. The Morgan fingerprint density at radius 3 is 2.57 bits per heavy atom. The Kier molecular flexibility index (Phi) is 7.65. The smallest absolute Gasteiger partial charge is 0.337 e. The predicted octanol–water partition coefficient (Wildman–Crippen LogP) is 4.74. The number of aromatic nitrogens is 1. The van der Waals surface area contributed by atoms with Gasteiger partial charge < -0.3 is 20.3 Å². The number of hydrogen-bond acceptors (Lipinski definition) is 5. The van der Waals surface area contributed by atoms with E-state index >= 15 is 0 Å². The fraction of sp³-hybridized carbons (Fsp3) is 0.182. The average molecular weight is 447 g/mol. The van der Waals surface area contributed by atoms with Crippen molar-refractivity contribution in [2.45, 2.75) is 12.5 Å². The number of aromatic carboxylic acids is 1. The van der Waals surface area contributed by atoms with Crippen LogP contribution in [0.1, 0.15) is 27.6 Å². The van der Waals surface area contributed by atoms with Gasteiger partial charge in [0.25, 0.3) is 0 Å². The molecule has 2 aromatic carbocycles. The van der Waals surface area contributed by atoms with E-state index < -0.39 is 12.1 Å². The van der Waals surface area contributed by atoms with E-state index in [1.165, 1.54) is 12.3 Å². The quantitative estimate of drug-likeness (QED) is 0.411. The Hall–Kier alpha value is -2.64. The first-order valence-electron chi connectivity index (χ1n) is 9.22. The standard InChI is InChI=1S/C22H20Cl2N2O4/c23-17-3-1-2-15(10-17)20(27)13-25-9-8-14-4-6-18(7-5-14)30-21-19(24)11-16(12-26-21)22(28)29/h1-7,10-12,20,25,27H,8-9,13H2,(H,28,29)/t20-/m0/s1. The number of aliphatic hydroxyl groups is 1. The number of aliphatic hydroxyl groups excluding tert-OH is 1. The maximum atomic E-state index is 10.9. The Bertz CT molecular complexity index is 1010. The second-order valence-electron chi connectivity index (χ2n) is 6.59. The van der Waals surface area contributed by atoms with Crippen LogP contribution in [0.2, 0.25) is 10.0 Å². The molecule has 6 nitrogen and oxygen atoms in total. The lowest BCUT2D eigenvalue weighted by Gasteiger charge is -2.13. The third-order valence-electron chi connectivity index (χ3n) is 4.35. The van der Waals surface area contributed by atoms with E-state index in [2.05, 4.69) is 10.3 Å². The Labute approximate surface area is 184 Å². The second-order valence-corrected chi connectivity index (χ2v) is 7.43. The molecule has 0 amide bonds. The van der Waals surface area contributed by atoms with Gasteiger partial charge in [-0.15, -0.1) is 0 Å². The third kappa shape index (κ3) is 6.18. The van der Waals surface area contributed by atoms with Gasteiger partial charge in [-0.25, -0.2) is 9.78 Å². The third-order valence-corrected chi connectivity index (χ3v) is 4.86. The number of hydrogen-bond donors (Lipinski definition) is 3. The minimum absolute atomic E-state index is 0.00400. The van der Waals surface area contributed by atoms with Gasteiger partial charge in [0.05, 0.1) is 11.7 Å². The summed E-state index contributed by atoms with van der Waals surface area (Å²) in [4.78, 5) is 14.9. The molecular formula is C22H20Cl2N2O4. The molecule has 1 heterocycles. The highest BCUT2D eigenvalue weighted by molar-refractivity contribution is 6.32. The largest absolute Gasteiger partial charge is 0.478 e. The maximum absolute atomic E-state index is 10.9. The van der Waals surface area contributed by atoms with E-state index in [0.717, 1.165) is 17.5 Å². The van der Waals surface area contributed by atoms with E-state index in [1.54, 1.807) is 24.3 Å². The number of ether oxygens (including phenoxy) is 1. The number of carboxylic acid groups (broad SMARTS) is 1. The highest BCUT2D eigenvalue weighted by Crippen LogP contribution is 2.28. The number of nitrogens with zero attached hydrogens (tertiary/aromatic N) is 1. The topological polar surface area (TPSA) is 91.7 Å². The van der Waals surface area contributed by atoms with Crippen molar-refractivity contribution in [3.63, 3.8) is 0 Å². The van der Waals surface area contributed by atoms with Gasteiger partial charge in [-0.3, -0.25) is 0 Å². The van der Waals surface area contributed by atoms with Crippen molar-refractivity contribution >= 4 is 29.2 Å². The number of benzene rings is 2. The molecule has 30 heavy (non-hydrogen) atoms. The Balaban J connectivity index is 1.47. The number of carboxylic acids is 1. The van der Waals surface area contributed by atoms with Crippen LogP contribution < -0.4 is 10.1 Å². The molecule has 8 heteroatoms. The molecule has 0 unspecified atom stereocenters. The fourth-order valence-electron chi connectivity index (χ4n) is 2.76. The lowest BCUT2D eigenvalue weighted by molar-refractivity contribution is 0.0696. The van der Waals surface area contributed by atoms with Gasteiger partial charge in [-0.2, -0.15) is 0 Å². The minimum Gasteiger partial charge on any atom is -0.478 e. The lowest BCUT2D eigenvalue weighted by atomic mass is 10.1. The van der Waals surface area contributed by atoms with Crippen molar-refractivity contribution in [1.82, 2.24) is 10.3 Å². The first-order valence-corrected chi connectivity index (χ1v) is 9.98. The van der Waals surface area contributed by atoms with Crippen LogP contribution in [-0.2, 0) is 6.42 Å². The summed E-state index contributed by atoms with van der Waals surface area (Å²) in [6.07, 6.45) is 1.35. The molecule has 0 saturated heterocycles. The van der Waals surface area contributed by atoms with Gasteiger partial charge in [-0.05, 0) is 54.4 Å². The zero-order valence-electron chi connectivity index (χ0n) is 15.9. The van der Waals surface area contributed by atoms with E-state index in [1.807, 2.05) is 24.3 Å². The molecule has 156 valence electrons. The summed E-state index contributed by atoms with van der Waals surface area (Å²) in [5.41, 5.74) is 1.86. The first kappa shape index (κ1) is 22.1. The zero-order chi connectivity index (χ0) is 21.5. The van der Waals surface area contributed by atoms with E-state index in [9.17, 15) is 9.90 Å². The van der Waals surface area contributed by atoms with Crippen molar-refractivity contribution in [3.05, 3.63) is 87.5 Å². The molecule has 0 aliphatic rings. The fourth-order valence-corrected chi connectivity index (χ4v) is 3.16. The predicted molar refractivity (Wildman–Crippen MR) is 116 cm³/mol. The van der Waals surface area contributed by atoms with Crippen LogP contribution in [0.15, 0.2) is 60.8 Å². The van der Waals surface area contributed by atoms with Gasteiger partial charge in [0.2, 0.25) is 5.88 Å². The molecule has 3 aromatic rings. The van der Waals surface area contributed by atoms with Crippen LogP contribution in [0.3, 0.4) is 0 Å². The highest BCUT2D eigenvalue weighted by Gasteiger charge is 2.11. The molecule has 0 bridgehead atoms. The van der Waals surface area contributed by atoms with Crippen LogP contribution in [0.5, 0.6) is 11.6 Å². The number of nitrogens with one attached hydrogen (secondary N) is 1. The van der Waals surface area contributed by atoms with Crippen molar-refractivity contribution in [2.75, 3.05) is 13.1 Å². The number of rotatable bonds is 9. The summed E-state index contributed by atoms with van der Waals surface area (Å²) >= 11 is 12.0. The molecule has 1 aromatic heterocycles. The molecule has 3 N–H and O–H groups in total. The summed E-state index contributed by atoms with van der Waals surface area (Å²) in [6, 6.07) is 15.9. The van der Waals surface area contributed by atoms with Gasteiger partial charge in [0.15, 0.2) is 0 Å². The highest BCUT2D eigenvalue weighted by atomic mass is 35.5. The molecule has 0 aliphatic carbocycles. The summed E-state index contributed by atoms with van der Waals surface area (Å²) in [5.74, 6) is -0.416. The molecule has 1 atom stereocenters. The van der Waals surface area contributed by atoms with Crippen LogP contribution in [0.4, 0.5) is 0 Å². The number of pyridine rings is 1. The summed E-state index contributed by atoms with van der Waals surface area (Å²) in [5, 5.41) is 23.1. The molecule has 0 radical (unpaired) electrons. The first-order chi connectivity index (χ1) is 14.4. The molecule has 0 aliphatic heterocycles. The molecule has 0 spiro atoms. The Morgan fingerprint density at radius 1 is 1.13 bits per heavy atom. The van der Waals surface area contributed by atoms with Crippen LogP contribution in [-0.4, -0.2) is 34.3 Å². The SMILES string of the molecule is O=C(O)c1cnc(Oc2ccc(CCNC[C@H](O)c3cccc(Cl)c3)cc2)c(Cl)c1. The van der Waals surface area contributed by atoms with E-state index in [-0.39, 0.29) is 16.5 Å². The number of carbonyl (C=O) groups is 1. The molecular weight excluding hydrogens is 427 g/mol. The van der Waals surface area contributed by atoms with Crippen LogP contribution in [0, 0.1) is 0 Å². The van der Waals surface area contributed by atoms with Crippen molar-refractivity contribution in [2.24, 2.45) is 0 Å². The summed E-state index contributed by atoms with van der Waals surface area (Å²) in [7, 11) is 0. The van der Waals surface area contributed by atoms with Crippen molar-refractivity contribution in [1.29, 1.82) is 0 Å². The lowest BCUT2D eigenvalue weighted by Crippen LogP contribution is -2.23. The van der Waals surface area contributed by atoms with Gasteiger partial charge in [0.1, 0.15) is 10.8 Å². The van der Waals surface area contributed by atoms with Crippen molar-refractivity contribution < 1.29 is 19.7 Å². The molecule has 3 rings (SSSR count). The van der Waals surface area contributed by atoms with Crippen LogP contribution >= 0.6 is 23.2 Å². The summed E-state index contributed by atoms with van der Waals surface area (Å²) < 4.78 is 5.62. The van der Waals surface area contributed by atoms with Crippen LogP contribution in [0.25, 0.3) is 0 Å². The second kappa shape index (κ2) is 10.4. The normalized spacial score (nSPS) is 11.8. The van der Waals surface area contributed by atoms with Crippen molar-refractivity contribution in [3.8, 4) is 11.6 Å². The monoisotopic (exact) mass is 446 g/mol. The number of halogens is 2. The maximum Gasteiger partial charge on any atom is 0.337 e. The van der Waals surface area contributed by atoms with E-state index in [0.29, 0.717) is 23.9 Å². The summed E-state index contributed by atoms with van der Waals surface area (Å²) in [6.45, 7) is 1.12. The van der Waals surface area contributed by atoms with Gasteiger partial charge in [-0.1, -0.05) is 47.5 Å². The van der Waals surface area contributed by atoms with Gasteiger partial charge in [0, 0.05) is 17.8 Å².